The van der Waals surface area contributed by atoms with Crippen molar-refractivity contribution in [1.29, 1.82) is 0 Å². The van der Waals surface area contributed by atoms with Crippen LogP contribution in [0.5, 0.6) is 11.5 Å². The summed E-state index contributed by atoms with van der Waals surface area (Å²) in [6.45, 7) is 9.25. The van der Waals surface area contributed by atoms with Crippen molar-refractivity contribution in [1.82, 2.24) is 5.32 Å². The lowest BCUT2D eigenvalue weighted by Crippen LogP contribution is -2.28. The third-order valence-electron chi connectivity index (χ3n) is 5.23. The summed E-state index contributed by atoms with van der Waals surface area (Å²) in [6.07, 6.45) is 1.44. The summed E-state index contributed by atoms with van der Waals surface area (Å²) >= 11 is 0. The van der Waals surface area contributed by atoms with E-state index in [9.17, 15) is 14.4 Å². The van der Waals surface area contributed by atoms with E-state index in [1.165, 1.54) is 17.7 Å². The zero-order valence-corrected chi connectivity index (χ0v) is 20.1. The monoisotopic (exact) mass is 465 g/mol. The number of carbonyl (C=O) groups is 2. The molecule has 0 saturated carbocycles. The molecule has 34 heavy (non-hydrogen) atoms. The number of nitrogens with one attached hydrogen (secondary N) is 1. The summed E-state index contributed by atoms with van der Waals surface area (Å²) in [5.74, 6) is 0.139. The summed E-state index contributed by atoms with van der Waals surface area (Å²) in [5, 5.41) is 3.22. The van der Waals surface area contributed by atoms with Gasteiger partial charge in [-0.25, -0.2) is 4.79 Å². The van der Waals surface area contributed by atoms with Crippen LogP contribution in [-0.4, -0.2) is 25.0 Å². The van der Waals surface area contributed by atoms with Crippen molar-refractivity contribution in [3.05, 3.63) is 70.1 Å². The summed E-state index contributed by atoms with van der Waals surface area (Å²) in [7, 11) is 0. The maximum atomic E-state index is 12.2. The second-order valence-corrected chi connectivity index (χ2v) is 9.10. The number of esters is 1. The first-order chi connectivity index (χ1) is 16.2. The lowest BCUT2D eigenvalue weighted by Gasteiger charge is -2.19. The average molecular weight is 466 g/mol. The van der Waals surface area contributed by atoms with E-state index in [-0.39, 0.29) is 28.7 Å². The Morgan fingerprint density at radius 3 is 2.38 bits per heavy atom. The number of hydrogen-bond acceptors (Lipinski definition) is 6. The molecule has 0 unspecified atom stereocenters. The van der Waals surface area contributed by atoms with Crippen molar-refractivity contribution in [3.8, 4) is 11.5 Å². The van der Waals surface area contributed by atoms with E-state index in [0.29, 0.717) is 25.0 Å². The van der Waals surface area contributed by atoms with E-state index >= 15 is 0 Å². The first-order valence-corrected chi connectivity index (χ1v) is 11.5. The minimum absolute atomic E-state index is 0.0567. The van der Waals surface area contributed by atoms with Crippen molar-refractivity contribution in [3.63, 3.8) is 0 Å². The maximum Gasteiger partial charge on any atom is 0.349 e. The van der Waals surface area contributed by atoms with Crippen LogP contribution in [0.15, 0.2) is 57.7 Å². The first kappa shape index (κ1) is 25.0. The van der Waals surface area contributed by atoms with Crippen LogP contribution < -0.4 is 20.4 Å². The van der Waals surface area contributed by atoms with Gasteiger partial charge in [-0.3, -0.25) is 9.59 Å². The van der Waals surface area contributed by atoms with Crippen molar-refractivity contribution >= 4 is 22.8 Å². The fraction of sp³-hybridized carbons (Fsp3) is 0.370. The van der Waals surface area contributed by atoms with Crippen LogP contribution in [0.3, 0.4) is 0 Å². The van der Waals surface area contributed by atoms with E-state index in [1.54, 1.807) is 12.1 Å². The van der Waals surface area contributed by atoms with Gasteiger partial charge in [-0.2, -0.15) is 0 Å². The van der Waals surface area contributed by atoms with Gasteiger partial charge in [0.1, 0.15) is 22.6 Å². The second-order valence-electron chi connectivity index (χ2n) is 9.10. The summed E-state index contributed by atoms with van der Waals surface area (Å²) in [6, 6.07) is 14.1. The SMILES string of the molecule is CCCNC(=O)c1cc2ccc(OC(=O)CCCOc3ccc(C(C)(C)C)cc3)cc2oc1=O. The summed E-state index contributed by atoms with van der Waals surface area (Å²) in [5.41, 5.74) is 0.755. The molecule has 0 aliphatic carbocycles. The lowest BCUT2D eigenvalue weighted by molar-refractivity contribution is -0.134. The van der Waals surface area contributed by atoms with E-state index < -0.39 is 17.5 Å². The molecule has 0 fully saturated rings. The molecule has 7 nitrogen and oxygen atoms in total. The van der Waals surface area contributed by atoms with E-state index in [1.807, 2.05) is 31.2 Å². The highest BCUT2D eigenvalue weighted by atomic mass is 16.5. The zero-order valence-electron chi connectivity index (χ0n) is 20.1. The normalized spacial score (nSPS) is 11.3. The van der Waals surface area contributed by atoms with Crippen LogP contribution in [0.4, 0.5) is 0 Å². The minimum atomic E-state index is -0.739. The Hall–Kier alpha value is -3.61. The highest BCUT2D eigenvalue weighted by molar-refractivity contribution is 5.96. The molecule has 0 saturated heterocycles. The Morgan fingerprint density at radius 2 is 1.71 bits per heavy atom. The third kappa shape index (κ3) is 6.70. The van der Waals surface area contributed by atoms with Gasteiger partial charge in [0.25, 0.3) is 5.91 Å². The molecule has 3 rings (SSSR count). The average Bonchev–Trinajstić information content (AvgIpc) is 2.79. The first-order valence-electron chi connectivity index (χ1n) is 11.5. The van der Waals surface area contributed by atoms with Crippen LogP contribution in [0.1, 0.15) is 62.9 Å². The number of ether oxygens (including phenoxy) is 2. The summed E-state index contributed by atoms with van der Waals surface area (Å²) < 4.78 is 16.3. The fourth-order valence-electron chi connectivity index (χ4n) is 3.29. The number of benzene rings is 2. The Balaban J connectivity index is 1.52. The quantitative estimate of drug-likeness (QED) is 0.207. The molecular formula is C27H31NO6. The van der Waals surface area contributed by atoms with Crippen LogP contribution in [0.25, 0.3) is 11.0 Å². The number of carbonyl (C=O) groups excluding carboxylic acids is 2. The molecule has 2 aromatic carbocycles. The molecule has 1 aromatic heterocycles. The van der Waals surface area contributed by atoms with Crippen molar-refractivity contribution in [2.45, 2.75) is 52.4 Å². The highest BCUT2D eigenvalue weighted by Gasteiger charge is 2.15. The van der Waals surface area contributed by atoms with Gasteiger partial charge in [-0.05, 0) is 54.2 Å². The van der Waals surface area contributed by atoms with Crippen molar-refractivity contribution < 1.29 is 23.5 Å². The Labute approximate surface area is 199 Å². The molecule has 0 aliphatic heterocycles. The van der Waals surface area contributed by atoms with Gasteiger partial charge in [0.05, 0.1) is 6.61 Å². The molecule has 0 aliphatic rings. The standard InChI is InChI=1S/C27H31NO6/c1-5-14-28-25(30)22-16-18-8-11-21(17-23(18)34-26(22)31)33-24(29)7-6-15-32-20-12-9-19(10-13-20)27(2,3)4/h8-13,16-17H,5-7,14-15H2,1-4H3,(H,28,30). The molecule has 3 aromatic rings. The van der Waals surface area contributed by atoms with Gasteiger partial charge in [-0.15, -0.1) is 0 Å². The minimum Gasteiger partial charge on any atom is -0.494 e. The topological polar surface area (TPSA) is 94.8 Å². The van der Waals surface area contributed by atoms with Gasteiger partial charge in [-0.1, -0.05) is 39.8 Å². The molecule has 1 heterocycles. The zero-order chi connectivity index (χ0) is 24.7. The smallest absolute Gasteiger partial charge is 0.349 e. The Bertz CT molecular complexity index is 1200. The molecule has 180 valence electrons. The summed E-state index contributed by atoms with van der Waals surface area (Å²) in [4.78, 5) is 36.5. The fourth-order valence-corrected chi connectivity index (χ4v) is 3.29. The lowest BCUT2D eigenvalue weighted by atomic mass is 9.87. The molecule has 0 spiro atoms. The maximum absolute atomic E-state index is 12.2. The second kappa shape index (κ2) is 11.0. The Kier molecular flexibility index (Phi) is 8.10. The van der Waals surface area contributed by atoms with Gasteiger partial charge < -0.3 is 19.2 Å². The van der Waals surface area contributed by atoms with Crippen LogP contribution >= 0.6 is 0 Å². The van der Waals surface area contributed by atoms with E-state index in [4.69, 9.17) is 13.9 Å². The largest absolute Gasteiger partial charge is 0.494 e. The van der Waals surface area contributed by atoms with Gasteiger partial charge >= 0.3 is 11.6 Å². The van der Waals surface area contributed by atoms with Crippen molar-refractivity contribution in [2.24, 2.45) is 0 Å². The van der Waals surface area contributed by atoms with Crippen LogP contribution in [-0.2, 0) is 10.2 Å². The highest BCUT2D eigenvalue weighted by Crippen LogP contribution is 2.24. The van der Waals surface area contributed by atoms with Gasteiger partial charge in [0.2, 0.25) is 0 Å². The van der Waals surface area contributed by atoms with Gasteiger partial charge in [0, 0.05) is 24.4 Å². The predicted octanol–water partition coefficient (Wildman–Crippen LogP) is 4.99. The molecule has 1 N–H and O–H groups in total. The van der Waals surface area contributed by atoms with Crippen LogP contribution in [0.2, 0.25) is 0 Å². The predicted molar refractivity (Wildman–Crippen MR) is 131 cm³/mol. The molecular weight excluding hydrogens is 434 g/mol. The van der Waals surface area contributed by atoms with E-state index in [0.717, 1.165) is 12.2 Å². The number of rotatable bonds is 9. The molecule has 7 heteroatoms. The molecule has 0 radical (unpaired) electrons. The third-order valence-corrected chi connectivity index (χ3v) is 5.23. The number of hydrogen-bond donors (Lipinski definition) is 1. The number of amides is 1. The Morgan fingerprint density at radius 1 is 1.00 bits per heavy atom. The van der Waals surface area contributed by atoms with Crippen LogP contribution in [0, 0.1) is 0 Å². The molecule has 0 bridgehead atoms. The van der Waals surface area contributed by atoms with E-state index in [2.05, 4.69) is 26.1 Å². The van der Waals surface area contributed by atoms with Gasteiger partial charge in [0.15, 0.2) is 0 Å². The number of fused-ring (bicyclic) bond motifs is 1. The van der Waals surface area contributed by atoms with Crippen molar-refractivity contribution in [2.75, 3.05) is 13.2 Å². The molecule has 1 amide bonds. The molecule has 0 atom stereocenters.